The molecule has 0 bridgehead atoms. The van der Waals surface area contributed by atoms with Gasteiger partial charge in [-0.15, -0.1) is 4.33 Å². The Labute approximate surface area is 561 Å². The zero-order valence-corrected chi connectivity index (χ0v) is 54.6. The Hall–Kier alpha value is -7.13. The summed E-state index contributed by atoms with van der Waals surface area (Å²) in [4.78, 5) is 123. The number of morpholine rings is 1. The molecule has 15 atom stereocenters. The number of benzene rings is 3. The summed E-state index contributed by atoms with van der Waals surface area (Å²) in [6, 6.07) is 5.93. The van der Waals surface area contributed by atoms with Crippen molar-refractivity contribution in [3.63, 3.8) is 0 Å². The summed E-state index contributed by atoms with van der Waals surface area (Å²) in [5.74, 6) is -11.2. The molecule has 496 valence electrons. The van der Waals surface area contributed by atoms with Gasteiger partial charge in [-0.1, -0.05) is 36.5 Å². The maximum Gasteiger partial charge on any atom is 1.00 e. The molecule has 93 heavy (non-hydrogen) atoms. The average molecular weight is 1340 g/mol. The zero-order valence-electron chi connectivity index (χ0n) is 51.0. The molecule has 0 aliphatic carbocycles. The number of carbonyl (C=O) groups excluding carboxylic acids is 8. The van der Waals surface area contributed by atoms with Crippen molar-refractivity contribution < 1.29 is 127 Å². The number of nitrogens with zero attached hydrogens (tertiary/aromatic N) is 6. The predicted molar refractivity (Wildman–Crippen MR) is 321 cm³/mol. The Morgan fingerprint density at radius 1 is 0.806 bits per heavy atom. The number of anilines is 1. The number of nitrogens with two attached hydrogens (primary N) is 1. The number of aromatic hydroxyl groups is 1. The molecule has 32 nitrogen and oxygen atoms in total. The summed E-state index contributed by atoms with van der Waals surface area (Å²) in [5, 5.41) is 110. The first-order chi connectivity index (χ1) is 43.8. The molecule has 4 saturated heterocycles. The topological polar surface area (TPSA) is 464 Å². The van der Waals surface area contributed by atoms with Gasteiger partial charge in [-0.25, -0.2) is 9.50 Å². The number of ether oxygens (including phenoxy) is 1. The predicted octanol–water partition coefficient (Wildman–Crippen LogP) is -6.56. The minimum Gasteiger partial charge on any atom is -0.691 e. The maximum absolute atomic E-state index is 14.7. The van der Waals surface area contributed by atoms with Crippen LogP contribution in [0.2, 0.25) is 0 Å². The number of aromatic nitrogens is 3. The average Bonchev–Trinajstić information content (AvgIpc) is 1.73. The van der Waals surface area contributed by atoms with Gasteiger partial charge in [-0.2, -0.15) is 5.10 Å². The molecule has 0 spiro atoms. The monoisotopic (exact) mass is 1340 g/mol. The van der Waals surface area contributed by atoms with E-state index in [-0.39, 0.29) is 71.0 Å². The summed E-state index contributed by atoms with van der Waals surface area (Å²) >= 11 is 1.37. The van der Waals surface area contributed by atoms with Gasteiger partial charge in [0, 0.05) is 80.3 Å². The van der Waals surface area contributed by atoms with E-state index < -0.39 is 177 Å². The molecule has 9 rings (SSSR count). The van der Waals surface area contributed by atoms with E-state index in [4.69, 9.17) is 24.7 Å². The fourth-order valence-corrected chi connectivity index (χ4v) is 12.8. The fraction of sp³-hybridized carbons (Fsp3) is 0.483. The number of phenols is 1. The molecule has 4 aliphatic rings. The fourth-order valence-electron chi connectivity index (χ4n) is 11.6. The number of carbonyl (C=O) groups is 8. The molecule has 6 heterocycles. The number of imidazole rings is 1. The molecule has 4 fully saturated rings. The van der Waals surface area contributed by atoms with Crippen LogP contribution >= 0.6 is 23.7 Å². The van der Waals surface area contributed by atoms with Crippen LogP contribution in [-0.4, -0.2) is 225 Å². The third-order valence-electron chi connectivity index (χ3n) is 16.2. The van der Waals surface area contributed by atoms with Crippen LogP contribution in [-0.2, 0) is 54.1 Å². The van der Waals surface area contributed by atoms with Gasteiger partial charge in [0.1, 0.15) is 41.3 Å². The molecular weight excluding hydrogens is 1270 g/mol. The van der Waals surface area contributed by atoms with E-state index in [1.807, 2.05) is 38.1 Å². The molecule has 0 saturated carbocycles. The second-order valence-corrected chi connectivity index (χ2v) is 24.7. The molecule has 13 unspecified atom stereocenters. The minimum atomic E-state index is -2.22. The number of aliphatic hydroxyl groups excluding tert-OH is 6. The number of phenolic OH excluding ortho intramolecular Hbond substituents is 1. The van der Waals surface area contributed by atoms with Crippen molar-refractivity contribution in [2.75, 3.05) is 37.6 Å². The normalized spacial score (nSPS) is 27.1. The number of fused-ring (bicyclic) bond motifs is 3. The van der Waals surface area contributed by atoms with Crippen molar-refractivity contribution >= 4 is 81.6 Å². The molecule has 4 aliphatic heterocycles. The van der Waals surface area contributed by atoms with Gasteiger partial charge in [0.15, 0.2) is 11.5 Å². The van der Waals surface area contributed by atoms with Crippen molar-refractivity contribution in [1.29, 1.82) is 0 Å². The van der Waals surface area contributed by atoms with E-state index in [9.17, 15) is 79.4 Å². The number of primary amides is 1. The number of amides is 8. The number of hydrogen-bond acceptors (Lipinski definition) is 25. The van der Waals surface area contributed by atoms with Crippen molar-refractivity contribution in [2.45, 2.75) is 138 Å². The zero-order chi connectivity index (χ0) is 66.4. The summed E-state index contributed by atoms with van der Waals surface area (Å²) in [6.07, 6.45) is -11.8. The number of hydrogen-bond donors (Lipinski definition) is 13. The standard InChI is InChI=1S/C58H72N12O20S2.Na/c1-26-21-69-48(49(26)78)54(83)60-20-35(72)17-37(61-50(79)32-8-6-31(7-9-32)38-25-70-58(62-38)91-55(66-70)33-10-12-34(13-11-33)67-22-27(2)87-28(3)23-67)51(80)63-45(29(4)71)56(84)68-24-36(73)18-39(68)52(81)64-46(53(82)65-47(57(69)85)42(76)19-44(59)77)41(75)15-30-5-14-40(74)43(16-30)88-92-90-89-86;/h5-14,16,25-29,35-37,39,41-42,45-49,71-76,78,86H,15,17-24H2,1-4H3,(H2,59,77)(H,60,83)(H,61,79)(H,63,80)(H,64,81)(H,65,82);/q;+1/p-1/t26?,27-,28+,29?,35?,36?,37?,39?,41?,42?,45?,46?,47?,48?,49?;. The van der Waals surface area contributed by atoms with Gasteiger partial charge in [0.2, 0.25) is 46.3 Å². The Morgan fingerprint density at radius 2 is 1.46 bits per heavy atom. The first kappa shape index (κ1) is 71.7. The quantitative estimate of drug-likeness (QED) is 0.0144. The smallest absolute Gasteiger partial charge is 0.691 e. The van der Waals surface area contributed by atoms with Gasteiger partial charge in [0.25, 0.3) is 18.2 Å². The summed E-state index contributed by atoms with van der Waals surface area (Å²) < 4.78 is 16.7. The van der Waals surface area contributed by atoms with E-state index in [0.29, 0.717) is 16.2 Å². The molecule has 0 radical (unpaired) electrons. The van der Waals surface area contributed by atoms with E-state index in [1.165, 1.54) is 36.5 Å². The molecule has 35 heteroatoms. The third kappa shape index (κ3) is 17.2. The van der Waals surface area contributed by atoms with Crippen molar-refractivity contribution in [3.05, 3.63) is 84.1 Å². The van der Waals surface area contributed by atoms with E-state index in [0.717, 1.165) is 58.2 Å². The minimum absolute atomic E-state index is 0. The van der Waals surface area contributed by atoms with Crippen molar-refractivity contribution in [2.24, 2.45) is 11.7 Å². The summed E-state index contributed by atoms with van der Waals surface area (Å²) in [5.41, 5.74) is 8.56. The van der Waals surface area contributed by atoms with Crippen LogP contribution in [0.4, 0.5) is 5.69 Å². The van der Waals surface area contributed by atoms with Crippen LogP contribution in [0.1, 0.15) is 62.9 Å². The number of aliphatic hydroxyl groups is 6. The van der Waals surface area contributed by atoms with Crippen LogP contribution in [0.15, 0.2) is 72.9 Å². The van der Waals surface area contributed by atoms with Gasteiger partial charge in [-0.05, 0) is 74.9 Å². The largest absolute Gasteiger partial charge is 1.00 e. The number of nitrogens with one attached hydrogen (secondary N) is 5. The van der Waals surface area contributed by atoms with Crippen LogP contribution in [0.3, 0.4) is 0 Å². The number of β-amino-alcohol motifs (C(OH)–C–C–N with tert-alkyl or cyclic N) is 1. The second kappa shape index (κ2) is 31.4. The molecule has 3 aromatic carbocycles. The molecular formula is C58H71N12NaO20S2. The van der Waals surface area contributed by atoms with E-state index >= 15 is 0 Å². The van der Waals surface area contributed by atoms with Crippen molar-refractivity contribution in [1.82, 2.24) is 51.0 Å². The second-order valence-electron chi connectivity index (χ2n) is 23.3. The van der Waals surface area contributed by atoms with Crippen LogP contribution < -0.4 is 76.2 Å². The van der Waals surface area contributed by atoms with E-state index in [1.54, 1.807) is 22.8 Å². The van der Waals surface area contributed by atoms with Gasteiger partial charge < -0.3 is 96.9 Å². The maximum atomic E-state index is 14.7. The Morgan fingerprint density at radius 3 is 2.12 bits per heavy atom. The molecule has 8 amide bonds. The molecule has 5 aromatic rings. The summed E-state index contributed by atoms with van der Waals surface area (Å²) in [7, 11) is 0. The Kier molecular flexibility index (Phi) is 24.2. The van der Waals surface area contributed by atoms with Crippen LogP contribution in [0.5, 0.6) is 11.5 Å². The van der Waals surface area contributed by atoms with Crippen LogP contribution in [0.25, 0.3) is 26.8 Å². The Balaban J connectivity index is 0.0000111. The summed E-state index contributed by atoms with van der Waals surface area (Å²) in [6.45, 7) is 6.49. The van der Waals surface area contributed by atoms with Gasteiger partial charge in [0.05, 0.1) is 67.1 Å². The third-order valence-corrected chi connectivity index (χ3v) is 17.5. The van der Waals surface area contributed by atoms with Crippen LogP contribution in [0, 0.1) is 5.92 Å². The molecule has 14 N–H and O–H groups in total. The van der Waals surface area contributed by atoms with Gasteiger partial charge in [-0.3, -0.25) is 43.4 Å². The first-order valence-electron chi connectivity index (χ1n) is 29.3. The number of rotatable bonds is 16. The van der Waals surface area contributed by atoms with Gasteiger partial charge >= 0.3 is 29.6 Å². The molecule has 2 aromatic heterocycles. The van der Waals surface area contributed by atoms with Crippen molar-refractivity contribution in [3.8, 4) is 33.3 Å². The Bertz CT molecular complexity index is 3470. The van der Waals surface area contributed by atoms with E-state index in [2.05, 4.69) is 40.9 Å². The first-order valence-corrected chi connectivity index (χ1v) is 30.8. The SMILES string of the molecule is CC(O)C1NC(=O)C(NC(=O)c2ccc(-c3cn4nc(-c5ccc(N6C[C@@H](C)O[C@@H](C)C6)cc5)sc4n3)cc2)CC(O)CNC(=O)C2C(O)C(C)CN2C(=O)C(C(O)CC(N)=O)NC(=O)C(C(O)Cc2ccc(O)c(OSOO[O-])c2)NC(=O)C2CC(O)CN2C1=O.[Na+].